The third-order valence-corrected chi connectivity index (χ3v) is 1.74. The summed E-state index contributed by atoms with van der Waals surface area (Å²) >= 11 is 4.45. The van der Waals surface area contributed by atoms with E-state index in [0.29, 0.717) is 13.8 Å². The Labute approximate surface area is 49.0 Å². The van der Waals surface area contributed by atoms with Gasteiger partial charge >= 0.3 is 0 Å². The molecule has 0 bridgehead atoms. The van der Waals surface area contributed by atoms with Crippen molar-refractivity contribution in [3.63, 3.8) is 0 Å². The first-order chi connectivity index (χ1) is 3.31. The summed E-state index contributed by atoms with van der Waals surface area (Å²) in [7, 11) is 0.523. The van der Waals surface area contributed by atoms with Gasteiger partial charge in [0.15, 0.2) is 0 Å². The number of aliphatic hydroxyl groups excluding tert-OH is 2. The lowest BCUT2D eigenvalue weighted by molar-refractivity contribution is 0.198. The normalized spacial score (nSPS) is 14.6. The SMILES string of the molecule is OCCC(O)P=S. The summed E-state index contributed by atoms with van der Waals surface area (Å²) in [6.45, 7) is 0.0187. The number of aliphatic hydroxyl groups is 2. The van der Waals surface area contributed by atoms with Gasteiger partial charge in [0.1, 0.15) is 5.85 Å². The third kappa shape index (κ3) is 4.29. The molecule has 1 unspecified atom stereocenters. The van der Waals surface area contributed by atoms with Crippen LogP contribution in [-0.4, -0.2) is 22.7 Å². The second-order valence-electron chi connectivity index (χ2n) is 1.10. The minimum absolute atomic E-state index is 0.0187. The molecule has 0 aliphatic rings. The number of rotatable bonds is 3. The molecule has 0 saturated heterocycles. The van der Waals surface area contributed by atoms with Gasteiger partial charge in [-0.2, -0.15) is 0 Å². The lowest BCUT2D eigenvalue weighted by Crippen LogP contribution is -1.97. The molecule has 0 aromatic heterocycles. The van der Waals surface area contributed by atoms with Crippen LogP contribution in [-0.2, 0) is 11.8 Å². The van der Waals surface area contributed by atoms with Crippen LogP contribution in [0.15, 0.2) is 0 Å². The van der Waals surface area contributed by atoms with Crippen LogP contribution in [0.2, 0.25) is 0 Å². The maximum Gasteiger partial charge on any atom is 0.108 e. The van der Waals surface area contributed by atoms with Crippen LogP contribution in [0, 0.1) is 0 Å². The fourth-order valence-corrected chi connectivity index (χ4v) is 0.705. The maximum absolute atomic E-state index is 8.58. The number of hydrogen-bond donors (Lipinski definition) is 2. The lowest BCUT2D eigenvalue weighted by atomic mass is 10.5. The quantitative estimate of drug-likeness (QED) is 0.543. The van der Waals surface area contributed by atoms with Crippen molar-refractivity contribution in [2.24, 2.45) is 0 Å². The highest BCUT2D eigenvalue weighted by molar-refractivity contribution is 7.96. The zero-order valence-corrected chi connectivity index (χ0v) is 5.45. The van der Waals surface area contributed by atoms with Crippen LogP contribution in [0.1, 0.15) is 6.42 Å². The molecule has 0 aliphatic heterocycles. The first-order valence-corrected chi connectivity index (χ1v) is 3.90. The van der Waals surface area contributed by atoms with E-state index < -0.39 is 5.85 Å². The zero-order chi connectivity index (χ0) is 5.70. The fourth-order valence-electron chi connectivity index (χ4n) is 0.168. The average Bonchev–Trinajstić information content (AvgIpc) is 1.68. The fraction of sp³-hybridized carbons (Fsp3) is 1.00. The van der Waals surface area contributed by atoms with Crippen LogP contribution in [0.5, 0.6) is 0 Å². The van der Waals surface area contributed by atoms with E-state index in [1.165, 1.54) is 0 Å². The summed E-state index contributed by atoms with van der Waals surface area (Å²) in [6.07, 6.45) is 0.394. The molecule has 0 aromatic carbocycles. The molecule has 2 N–H and O–H groups in total. The second kappa shape index (κ2) is 4.60. The van der Waals surface area contributed by atoms with Gasteiger partial charge in [0, 0.05) is 20.4 Å². The van der Waals surface area contributed by atoms with E-state index in [0.717, 1.165) is 0 Å². The van der Waals surface area contributed by atoms with E-state index in [1.807, 2.05) is 0 Å². The van der Waals surface area contributed by atoms with Crippen molar-refractivity contribution < 1.29 is 10.2 Å². The Kier molecular flexibility index (Phi) is 4.88. The standard InChI is InChI=1S/C3H7O2PS/c4-2-1-3(5)6-7/h3-5H,1-2H2. The molecule has 0 radical (unpaired) electrons. The van der Waals surface area contributed by atoms with Crippen LogP contribution in [0.4, 0.5) is 0 Å². The highest BCUT2D eigenvalue weighted by atomic mass is 32.4. The molecular formula is C3H7O2PS. The highest BCUT2D eigenvalue weighted by Crippen LogP contribution is 2.04. The van der Waals surface area contributed by atoms with Crippen molar-refractivity contribution in [1.82, 2.24) is 0 Å². The Bertz CT molecular complexity index is 58.9. The van der Waals surface area contributed by atoms with E-state index in [9.17, 15) is 0 Å². The van der Waals surface area contributed by atoms with Gasteiger partial charge < -0.3 is 10.2 Å². The van der Waals surface area contributed by atoms with Gasteiger partial charge in [-0.3, -0.25) is 0 Å². The molecule has 1 atom stereocenters. The van der Waals surface area contributed by atoms with E-state index in [4.69, 9.17) is 10.2 Å². The maximum atomic E-state index is 8.58. The van der Waals surface area contributed by atoms with Crippen molar-refractivity contribution in [2.75, 3.05) is 6.61 Å². The monoisotopic (exact) mass is 138 g/mol. The van der Waals surface area contributed by atoms with Gasteiger partial charge in [-0.15, -0.1) is 0 Å². The van der Waals surface area contributed by atoms with E-state index >= 15 is 0 Å². The predicted molar refractivity (Wildman–Crippen MR) is 32.0 cm³/mol. The Hall–Kier alpha value is 0.440. The Morgan fingerprint density at radius 2 is 2.29 bits per heavy atom. The summed E-state index contributed by atoms with van der Waals surface area (Å²) in [5, 5.41) is 16.7. The largest absolute Gasteiger partial charge is 0.396 e. The first-order valence-electron chi connectivity index (χ1n) is 1.92. The average molecular weight is 138 g/mol. The predicted octanol–water partition coefficient (Wildman–Crippen LogP) is 0.0953. The van der Waals surface area contributed by atoms with Crippen molar-refractivity contribution in [3.8, 4) is 0 Å². The summed E-state index contributed by atoms with van der Waals surface area (Å²) in [4.78, 5) is 0. The van der Waals surface area contributed by atoms with Gasteiger partial charge in [-0.25, -0.2) is 0 Å². The molecule has 0 saturated carbocycles. The van der Waals surface area contributed by atoms with Gasteiger partial charge in [-0.05, 0) is 0 Å². The minimum atomic E-state index is -0.514. The minimum Gasteiger partial charge on any atom is -0.396 e. The van der Waals surface area contributed by atoms with Gasteiger partial charge in [-0.1, -0.05) is 11.8 Å². The van der Waals surface area contributed by atoms with Crippen LogP contribution in [0.25, 0.3) is 0 Å². The number of hydrogen-bond acceptors (Lipinski definition) is 3. The molecule has 0 aliphatic carbocycles. The molecule has 7 heavy (non-hydrogen) atoms. The molecule has 42 valence electrons. The van der Waals surface area contributed by atoms with Crippen molar-refractivity contribution >= 4 is 19.2 Å². The van der Waals surface area contributed by atoms with Crippen LogP contribution >= 0.6 is 7.36 Å². The highest BCUT2D eigenvalue weighted by Gasteiger charge is 1.94. The van der Waals surface area contributed by atoms with Crippen molar-refractivity contribution in [2.45, 2.75) is 12.3 Å². The molecule has 0 heterocycles. The molecular weight excluding hydrogens is 131 g/mol. The third-order valence-electron chi connectivity index (χ3n) is 0.509. The molecule has 0 aromatic rings. The van der Waals surface area contributed by atoms with Crippen LogP contribution < -0.4 is 0 Å². The van der Waals surface area contributed by atoms with Gasteiger partial charge in [0.25, 0.3) is 0 Å². The van der Waals surface area contributed by atoms with E-state index in [1.54, 1.807) is 0 Å². The summed E-state index contributed by atoms with van der Waals surface area (Å²) in [5.74, 6) is -0.514. The molecule has 0 spiro atoms. The molecule has 0 rings (SSSR count). The first kappa shape index (κ1) is 7.44. The Morgan fingerprint density at radius 3 is 2.43 bits per heavy atom. The Morgan fingerprint density at radius 1 is 1.71 bits per heavy atom. The zero-order valence-electron chi connectivity index (χ0n) is 3.74. The molecule has 2 nitrogen and oxygen atoms in total. The summed E-state index contributed by atoms with van der Waals surface area (Å²) < 4.78 is 0. The second-order valence-corrected chi connectivity index (χ2v) is 2.54. The lowest BCUT2D eigenvalue weighted by Gasteiger charge is -1.95. The molecule has 4 heteroatoms. The van der Waals surface area contributed by atoms with E-state index in [2.05, 4.69) is 11.8 Å². The van der Waals surface area contributed by atoms with Crippen LogP contribution in [0.3, 0.4) is 0 Å². The van der Waals surface area contributed by atoms with E-state index in [-0.39, 0.29) is 6.61 Å². The smallest absolute Gasteiger partial charge is 0.108 e. The van der Waals surface area contributed by atoms with Gasteiger partial charge in [0.2, 0.25) is 0 Å². The van der Waals surface area contributed by atoms with Crippen molar-refractivity contribution in [1.29, 1.82) is 0 Å². The molecule has 0 amide bonds. The van der Waals surface area contributed by atoms with Gasteiger partial charge in [0.05, 0.1) is 0 Å². The topological polar surface area (TPSA) is 40.5 Å². The molecule has 0 fully saturated rings. The van der Waals surface area contributed by atoms with Crippen molar-refractivity contribution in [3.05, 3.63) is 0 Å². The summed E-state index contributed by atoms with van der Waals surface area (Å²) in [5.41, 5.74) is 0. The summed E-state index contributed by atoms with van der Waals surface area (Å²) in [6, 6.07) is 0. The Balaban J connectivity index is 2.98.